The van der Waals surface area contributed by atoms with E-state index in [2.05, 4.69) is 46.3 Å². The van der Waals surface area contributed by atoms with Crippen molar-refractivity contribution in [1.82, 2.24) is 14.5 Å². The molecule has 1 N–H and O–H groups in total. The van der Waals surface area contributed by atoms with Crippen LogP contribution in [0.2, 0.25) is 0 Å². The number of benzene rings is 2. The molecule has 2 aromatic rings. The van der Waals surface area contributed by atoms with E-state index >= 15 is 0 Å². The third-order valence-electron chi connectivity index (χ3n) is 7.08. The zero-order valence-electron chi connectivity index (χ0n) is 20.7. The summed E-state index contributed by atoms with van der Waals surface area (Å²) in [6.45, 7) is 8.77. The van der Waals surface area contributed by atoms with Crippen LogP contribution in [0.4, 0.5) is 5.69 Å². The summed E-state index contributed by atoms with van der Waals surface area (Å²) >= 11 is 0. The first-order valence-electron chi connectivity index (χ1n) is 12.8. The van der Waals surface area contributed by atoms with Gasteiger partial charge in [-0.1, -0.05) is 30.3 Å². The fraction of sp³-hybridized carbons (Fsp3) is 0.519. The van der Waals surface area contributed by atoms with Crippen molar-refractivity contribution in [3.05, 3.63) is 60.2 Å². The van der Waals surface area contributed by atoms with Gasteiger partial charge in [0.05, 0.1) is 10.8 Å². The van der Waals surface area contributed by atoms with E-state index in [9.17, 15) is 13.2 Å². The molecule has 2 fully saturated rings. The second-order valence-electron chi connectivity index (χ2n) is 9.68. The van der Waals surface area contributed by atoms with Gasteiger partial charge in [0.1, 0.15) is 0 Å². The first-order valence-corrected chi connectivity index (χ1v) is 14.2. The lowest BCUT2D eigenvalue weighted by molar-refractivity contribution is -0.126. The summed E-state index contributed by atoms with van der Waals surface area (Å²) in [6, 6.07) is 17.2. The number of anilines is 1. The van der Waals surface area contributed by atoms with Gasteiger partial charge in [-0.2, -0.15) is 4.31 Å². The van der Waals surface area contributed by atoms with Gasteiger partial charge in [-0.15, -0.1) is 0 Å². The Labute approximate surface area is 210 Å². The average Bonchev–Trinajstić information content (AvgIpc) is 2.89. The number of aryl methyl sites for hydroxylation is 1. The predicted octanol–water partition coefficient (Wildman–Crippen LogP) is 3.11. The zero-order valence-corrected chi connectivity index (χ0v) is 21.5. The predicted molar refractivity (Wildman–Crippen MR) is 140 cm³/mol. The number of piperidine rings is 1. The Morgan fingerprint density at radius 2 is 1.74 bits per heavy atom. The van der Waals surface area contributed by atoms with Crippen molar-refractivity contribution in [1.29, 1.82) is 0 Å². The van der Waals surface area contributed by atoms with Crippen LogP contribution in [0.3, 0.4) is 0 Å². The van der Waals surface area contributed by atoms with Crippen LogP contribution in [0, 0.1) is 12.8 Å². The smallest absolute Gasteiger partial charge is 0.243 e. The van der Waals surface area contributed by atoms with Gasteiger partial charge in [0.15, 0.2) is 0 Å². The van der Waals surface area contributed by atoms with Crippen LogP contribution in [0.1, 0.15) is 31.2 Å². The maximum absolute atomic E-state index is 12.9. The summed E-state index contributed by atoms with van der Waals surface area (Å²) in [5.74, 6) is -0.304. The minimum atomic E-state index is -3.55. The SMILES string of the molecule is Cc1cccc(N2CCN(CCCCNC(=O)C3CCCN(S(=O)(=O)c4ccccc4)C3)CC2)c1. The fourth-order valence-electron chi connectivity index (χ4n) is 4.99. The first kappa shape index (κ1) is 25.7. The van der Waals surface area contributed by atoms with Crippen molar-refractivity contribution < 1.29 is 13.2 Å². The minimum Gasteiger partial charge on any atom is -0.369 e. The lowest BCUT2D eigenvalue weighted by Gasteiger charge is -2.36. The van der Waals surface area contributed by atoms with Crippen molar-refractivity contribution >= 4 is 21.6 Å². The highest BCUT2D eigenvalue weighted by molar-refractivity contribution is 7.89. The number of rotatable bonds is 9. The second kappa shape index (κ2) is 12.0. The molecule has 0 bridgehead atoms. The molecule has 7 nitrogen and oxygen atoms in total. The molecule has 2 heterocycles. The maximum atomic E-state index is 12.9. The van der Waals surface area contributed by atoms with Crippen LogP contribution in [-0.4, -0.2) is 75.9 Å². The molecule has 4 rings (SSSR count). The van der Waals surface area contributed by atoms with Gasteiger partial charge in [-0.3, -0.25) is 9.69 Å². The fourth-order valence-corrected chi connectivity index (χ4v) is 6.53. The highest BCUT2D eigenvalue weighted by atomic mass is 32.2. The second-order valence-corrected chi connectivity index (χ2v) is 11.6. The summed E-state index contributed by atoms with van der Waals surface area (Å²) in [6.07, 6.45) is 3.42. The third-order valence-corrected chi connectivity index (χ3v) is 8.95. The molecule has 2 aliphatic heterocycles. The number of carbonyl (C=O) groups is 1. The minimum absolute atomic E-state index is 0.0234. The number of sulfonamides is 1. The van der Waals surface area contributed by atoms with Crippen LogP contribution < -0.4 is 10.2 Å². The van der Waals surface area contributed by atoms with Crippen LogP contribution in [0.5, 0.6) is 0 Å². The van der Waals surface area contributed by atoms with Crippen molar-refractivity contribution in [3.63, 3.8) is 0 Å². The maximum Gasteiger partial charge on any atom is 0.243 e. The van der Waals surface area contributed by atoms with Gasteiger partial charge < -0.3 is 10.2 Å². The summed E-state index contributed by atoms with van der Waals surface area (Å²) in [5.41, 5.74) is 2.61. The number of hydrogen-bond donors (Lipinski definition) is 1. The zero-order chi connectivity index (χ0) is 24.7. The third kappa shape index (κ3) is 6.84. The van der Waals surface area contributed by atoms with Crippen molar-refractivity contribution in [2.75, 3.05) is 57.3 Å². The molecular formula is C27H38N4O3S. The molecule has 0 aromatic heterocycles. The van der Waals surface area contributed by atoms with Gasteiger partial charge in [0.25, 0.3) is 0 Å². The molecular weight excluding hydrogens is 460 g/mol. The molecule has 0 spiro atoms. The van der Waals surface area contributed by atoms with E-state index in [0.29, 0.717) is 24.4 Å². The van der Waals surface area contributed by atoms with E-state index in [0.717, 1.165) is 52.0 Å². The van der Waals surface area contributed by atoms with E-state index in [1.165, 1.54) is 15.6 Å². The Morgan fingerprint density at radius 1 is 0.971 bits per heavy atom. The standard InChI is InChI=1S/C27H38N4O3S/c1-23-9-7-11-25(21-23)30-19-17-29(18-20-30)15-6-5-14-28-27(32)24-10-8-16-31(22-24)35(33,34)26-12-3-2-4-13-26/h2-4,7,9,11-13,21,24H,5-6,8,10,14-20,22H2,1H3,(H,28,32). The molecule has 1 amide bonds. The quantitative estimate of drug-likeness (QED) is 0.538. The first-order chi connectivity index (χ1) is 16.9. The Kier molecular flexibility index (Phi) is 8.81. The topological polar surface area (TPSA) is 73.0 Å². The monoisotopic (exact) mass is 498 g/mol. The van der Waals surface area contributed by atoms with E-state index < -0.39 is 10.0 Å². The van der Waals surface area contributed by atoms with E-state index in [-0.39, 0.29) is 18.4 Å². The van der Waals surface area contributed by atoms with E-state index in [1.807, 2.05) is 0 Å². The molecule has 2 saturated heterocycles. The number of hydrogen-bond acceptors (Lipinski definition) is 5. The number of carbonyl (C=O) groups excluding carboxylic acids is 1. The summed E-state index contributed by atoms with van der Waals surface area (Å²) in [5, 5.41) is 3.05. The van der Waals surface area contributed by atoms with Gasteiger partial charge in [0, 0.05) is 51.5 Å². The summed E-state index contributed by atoms with van der Waals surface area (Å²) < 4.78 is 27.3. The molecule has 1 unspecified atom stereocenters. The van der Waals surface area contributed by atoms with E-state index in [4.69, 9.17) is 0 Å². The average molecular weight is 499 g/mol. The molecule has 1 atom stereocenters. The van der Waals surface area contributed by atoms with E-state index in [1.54, 1.807) is 30.3 Å². The Bertz CT molecular complexity index is 1070. The van der Waals surface area contributed by atoms with Crippen molar-refractivity contribution in [2.24, 2.45) is 5.92 Å². The van der Waals surface area contributed by atoms with Gasteiger partial charge in [-0.05, 0) is 69.0 Å². The summed E-state index contributed by atoms with van der Waals surface area (Å²) in [7, 11) is -3.55. The largest absolute Gasteiger partial charge is 0.369 e. The molecule has 0 saturated carbocycles. The number of unbranched alkanes of at least 4 members (excludes halogenated alkanes) is 1. The number of piperazine rings is 1. The molecule has 0 aliphatic carbocycles. The van der Waals surface area contributed by atoms with Crippen LogP contribution in [0.25, 0.3) is 0 Å². The van der Waals surface area contributed by atoms with Gasteiger partial charge >= 0.3 is 0 Å². The molecule has 0 radical (unpaired) electrons. The lowest BCUT2D eigenvalue weighted by atomic mass is 9.99. The lowest BCUT2D eigenvalue weighted by Crippen LogP contribution is -2.47. The molecule has 190 valence electrons. The molecule has 2 aromatic carbocycles. The van der Waals surface area contributed by atoms with Gasteiger partial charge in [0.2, 0.25) is 15.9 Å². The van der Waals surface area contributed by atoms with Crippen LogP contribution in [-0.2, 0) is 14.8 Å². The Balaban J connectivity index is 1.14. The molecule has 2 aliphatic rings. The highest BCUT2D eigenvalue weighted by Gasteiger charge is 2.33. The number of nitrogens with zero attached hydrogens (tertiary/aromatic N) is 3. The number of amides is 1. The normalized spacial score (nSPS) is 20.0. The van der Waals surface area contributed by atoms with Crippen molar-refractivity contribution in [2.45, 2.75) is 37.5 Å². The van der Waals surface area contributed by atoms with Crippen LogP contribution >= 0.6 is 0 Å². The molecule has 35 heavy (non-hydrogen) atoms. The van der Waals surface area contributed by atoms with Crippen LogP contribution in [0.15, 0.2) is 59.5 Å². The Hall–Kier alpha value is -2.42. The highest BCUT2D eigenvalue weighted by Crippen LogP contribution is 2.24. The number of nitrogens with one attached hydrogen (secondary N) is 1. The summed E-state index contributed by atoms with van der Waals surface area (Å²) in [4.78, 5) is 18.0. The molecule has 8 heteroatoms. The van der Waals surface area contributed by atoms with Gasteiger partial charge in [-0.25, -0.2) is 8.42 Å². The Morgan fingerprint density at radius 3 is 2.49 bits per heavy atom. The van der Waals surface area contributed by atoms with Crippen molar-refractivity contribution in [3.8, 4) is 0 Å².